The average molecular weight is 353 g/mol. The topological polar surface area (TPSA) is 40.6 Å². The summed E-state index contributed by atoms with van der Waals surface area (Å²) in [5.74, 6) is 0. The number of nitrogens with one attached hydrogen (secondary N) is 1. The van der Waals surface area contributed by atoms with Crippen molar-refractivity contribution in [2.24, 2.45) is 5.41 Å². The summed E-state index contributed by atoms with van der Waals surface area (Å²) in [5, 5.41) is 6.81. The van der Waals surface area contributed by atoms with E-state index < -0.39 is 0 Å². The third-order valence-corrected chi connectivity index (χ3v) is 6.30. The fourth-order valence-electron chi connectivity index (χ4n) is 3.78. The lowest BCUT2D eigenvalue weighted by Crippen LogP contribution is -2.49. The molecule has 3 rings (SSSR count). The summed E-state index contributed by atoms with van der Waals surface area (Å²) in [5.41, 5.74) is 1.67. The summed E-state index contributed by atoms with van der Waals surface area (Å²) < 4.78 is 5.64. The Bertz CT molecular complexity index is 507. The molecule has 2 fully saturated rings. The molecule has 136 valence electrons. The Balaban J connectivity index is 1.44. The maximum atomic E-state index is 5.64. The molecular formula is C18H32N4OS. The maximum absolute atomic E-state index is 5.64. The molecule has 0 amide bonds. The zero-order valence-corrected chi connectivity index (χ0v) is 16.2. The molecule has 5 nitrogen and oxygen atoms in total. The highest BCUT2D eigenvalue weighted by atomic mass is 32.1. The molecule has 1 aromatic heterocycles. The Labute approximate surface area is 150 Å². The Hall–Kier alpha value is -0.530. The molecule has 0 aliphatic carbocycles. The predicted octanol–water partition coefficient (Wildman–Crippen LogP) is 2.36. The first kappa shape index (κ1) is 18.3. The first-order valence-corrected chi connectivity index (χ1v) is 10.2. The van der Waals surface area contributed by atoms with Gasteiger partial charge in [-0.05, 0) is 32.2 Å². The van der Waals surface area contributed by atoms with Gasteiger partial charge in [-0.2, -0.15) is 0 Å². The fraction of sp³-hybridized carbons (Fsp3) is 0.833. The number of nitrogens with zero attached hydrogens (tertiary/aromatic N) is 3. The van der Waals surface area contributed by atoms with E-state index in [1.165, 1.54) is 44.8 Å². The monoisotopic (exact) mass is 352 g/mol. The fourth-order valence-corrected chi connectivity index (χ4v) is 4.60. The van der Waals surface area contributed by atoms with E-state index >= 15 is 0 Å². The normalized spacial score (nSPS) is 27.6. The van der Waals surface area contributed by atoms with Crippen molar-refractivity contribution in [3.63, 3.8) is 0 Å². The number of thiazole rings is 1. The zero-order valence-electron chi connectivity index (χ0n) is 15.4. The molecule has 1 N–H and O–H groups in total. The third kappa shape index (κ3) is 4.76. The first-order chi connectivity index (χ1) is 11.6. The summed E-state index contributed by atoms with van der Waals surface area (Å²) in [6, 6.07) is 0. The molecule has 0 bridgehead atoms. The van der Waals surface area contributed by atoms with Crippen LogP contribution in [0.5, 0.6) is 0 Å². The van der Waals surface area contributed by atoms with E-state index in [0.717, 1.165) is 31.2 Å². The van der Waals surface area contributed by atoms with Gasteiger partial charge in [0.25, 0.3) is 0 Å². The largest absolute Gasteiger partial charge is 0.372 e. The van der Waals surface area contributed by atoms with Crippen LogP contribution in [0.4, 0.5) is 0 Å². The van der Waals surface area contributed by atoms with E-state index in [1.54, 1.807) is 11.3 Å². The molecule has 3 heterocycles. The molecule has 2 aliphatic heterocycles. The minimum atomic E-state index is 0.117. The maximum Gasteiger partial charge on any atom is 0.122 e. The van der Waals surface area contributed by atoms with E-state index in [4.69, 9.17) is 9.72 Å². The Morgan fingerprint density at radius 3 is 2.75 bits per heavy atom. The second kappa shape index (κ2) is 8.23. The number of aromatic nitrogens is 1. The van der Waals surface area contributed by atoms with Crippen molar-refractivity contribution < 1.29 is 4.74 Å². The number of rotatable bonds is 7. The Kier molecular flexibility index (Phi) is 6.27. The standard InChI is InChI=1S/C18H32N4OS/c1-4-23-15(2)17-20-16(12-24-17)11-21-7-9-22(10-8-21)14-18(3)5-6-19-13-18/h12,15,19H,4-11,13-14H2,1-3H3. The molecule has 0 aromatic carbocycles. The summed E-state index contributed by atoms with van der Waals surface area (Å²) in [7, 11) is 0. The molecule has 6 heteroatoms. The van der Waals surface area contributed by atoms with Crippen molar-refractivity contribution in [2.45, 2.75) is 39.8 Å². The van der Waals surface area contributed by atoms with Crippen LogP contribution in [0.3, 0.4) is 0 Å². The van der Waals surface area contributed by atoms with E-state index in [2.05, 4.69) is 34.3 Å². The van der Waals surface area contributed by atoms with Crippen LogP contribution in [-0.2, 0) is 11.3 Å². The van der Waals surface area contributed by atoms with Gasteiger partial charge in [-0.15, -0.1) is 11.3 Å². The minimum absolute atomic E-state index is 0.117. The van der Waals surface area contributed by atoms with E-state index in [0.29, 0.717) is 5.41 Å². The van der Waals surface area contributed by atoms with Gasteiger partial charge in [-0.25, -0.2) is 4.98 Å². The molecule has 2 atom stereocenters. The molecule has 0 saturated carbocycles. The SMILES string of the molecule is CCOC(C)c1nc(CN2CCN(CC3(C)CCNC3)CC2)cs1. The Morgan fingerprint density at radius 2 is 2.08 bits per heavy atom. The van der Waals surface area contributed by atoms with Gasteiger partial charge < -0.3 is 15.0 Å². The van der Waals surface area contributed by atoms with Crippen molar-refractivity contribution >= 4 is 11.3 Å². The molecule has 1 aromatic rings. The summed E-state index contributed by atoms with van der Waals surface area (Å²) in [6.45, 7) is 16.5. The highest BCUT2D eigenvalue weighted by Gasteiger charge is 2.31. The third-order valence-electron chi connectivity index (χ3n) is 5.25. The number of ether oxygens (including phenoxy) is 1. The van der Waals surface area contributed by atoms with E-state index in [9.17, 15) is 0 Å². The lowest BCUT2D eigenvalue weighted by molar-refractivity contribution is 0.0755. The van der Waals surface area contributed by atoms with Crippen molar-refractivity contribution in [1.82, 2.24) is 20.1 Å². The first-order valence-electron chi connectivity index (χ1n) is 9.29. The van der Waals surface area contributed by atoms with Gasteiger partial charge in [-0.3, -0.25) is 4.90 Å². The smallest absolute Gasteiger partial charge is 0.122 e. The number of piperazine rings is 1. The van der Waals surface area contributed by atoms with Crippen LogP contribution in [0.15, 0.2) is 5.38 Å². The highest BCUT2D eigenvalue weighted by Crippen LogP contribution is 2.26. The molecule has 2 unspecified atom stereocenters. The lowest BCUT2D eigenvalue weighted by atomic mass is 9.89. The quantitative estimate of drug-likeness (QED) is 0.816. The Morgan fingerprint density at radius 1 is 1.33 bits per heavy atom. The lowest BCUT2D eigenvalue weighted by Gasteiger charge is -2.38. The van der Waals surface area contributed by atoms with Crippen LogP contribution < -0.4 is 5.32 Å². The number of hydrogen-bond donors (Lipinski definition) is 1. The predicted molar refractivity (Wildman–Crippen MR) is 99.5 cm³/mol. The summed E-state index contributed by atoms with van der Waals surface area (Å²) in [4.78, 5) is 9.95. The van der Waals surface area contributed by atoms with Gasteiger partial charge >= 0.3 is 0 Å². The van der Waals surface area contributed by atoms with Crippen LogP contribution in [0, 0.1) is 5.41 Å². The molecule has 0 radical (unpaired) electrons. The molecule has 0 spiro atoms. The van der Waals surface area contributed by atoms with Gasteiger partial charge in [-0.1, -0.05) is 6.92 Å². The van der Waals surface area contributed by atoms with Gasteiger partial charge in [0.05, 0.1) is 5.69 Å². The second-order valence-corrected chi connectivity index (χ2v) is 8.45. The number of hydrogen-bond acceptors (Lipinski definition) is 6. The molecule has 2 aliphatic rings. The second-order valence-electron chi connectivity index (χ2n) is 7.56. The molecular weight excluding hydrogens is 320 g/mol. The van der Waals surface area contributed by atoms with Crippen molar-refractivity contribution in [2.75, 3.05) is 52.4 Å². The van der Waals surface area contributed by atoms with Gasteiger partial charge in [0.2, 0.25) is 0 Å². The van der Waals surface area contributed by atoms with E-state index in [1.807, 2.05) is 6.92 Å². The van der Waals surface area contributed by atoms with Gasteiger partial charge in [0, 0.05) is 57.8 Å². The van der Waals surface area contributed by atoms with Crippen molar-refractivity contribution in [3.05, 3.63) is 16.1 Å². The van der Waals surface area contributed by atoms with Crippen molar-refractivity contribution in [3.8, 4) is 0 Å². The van der Waals surface area contributed by atoms with Crippen LogP contribution in [-0.4, -0.2) is 67.2 Å². The molecule has 24 heavy (non-hydrogen) atoms. The average Bonchev–Trinajstić information content (AvgIpc) is 3.19. The zero-order chi connectivity index (χ0) is 17.0. The summed E-state index contributed by atoms with van der Waals surface area (Å²) >= 11 is 1.73. The van der Waals surface area contributed by atoms with Crippen LogP contribution in [0.25, 0.3) is 0 Å². The van der Waals surface area contributed by atoms with E-state index in [-0.39, 0.29) is 6.10 Å². The van der Waals surface area contributed by atoms with Crippen molar-refractivity contribution in [1.29, 1.82) is 0 Å². The van der Waals surface area contributed by atoms with Crippen LogP contribution >= 0.6 is 11.3 Å². The molecule has 2 saturated heterocycles. The van der Waals surface area contributed by atoms with Gasteiger partial charge in [0.15, 0.2) is 0 Å². The van der Waals surface area contributed by atoms with Gasteiger partial charge in [0.1, 0.15) is 11.1 Å². The summed E-state index contributed by atoms with van der Waals surface area (Å²) in [6.07, 6.45) is 1.43. The van der Waals surface area contributed by atoms with Crippen LogP contribution in [0.1, 0.15) is 44.0 Å². The minimum Gasteiger partial charge on any atom is -0.372 e. The highest BCUT2D eigenvalue weighted by molar-refractivity contribution is 7.09. The van der Waals surface area contributed by atoms with Crippen LogP contribution in [0.2, 0.25) is 0 Å².